The summed E-state index contributed by atoms with van der Waals surface area (Å²) >= 11 is 5.39. The third-order valence-corrected chi connectivity index (χ3v) is 4.52. The predicted molar refractivity (Wildman–Crippen MR) is 73.1 cm³/mol. The highest BCUT2D eigenvalue weighted by Gasteiger charge is 2.28. The smallest absolute Gasteiger partial charge is 0.0396 e. The van der Waals surface area contributed by atoms with Crippen LogP contribution in [-0.2, 0) is 0 Å². The summed E-state index contributed by atoms with van der Waals surface area (Å²) in [7, 11) is 0. The van der Waals surface area contributed by atoms with E-state index in [0.29, 0.717) is 12.1 Å². The van der Waals surface area contributed by atoms with Crippen molar-refractivity contribution < 1.29 is 0 Å². The lowest BCUT2D eigenvalue weighted by molar-refractivity contribution is 0.0920. The average molecular weight is 240 g/mol. The van der Waals surface area contributed by atoms with Crippen LogP contribution >= 0.6 is 12.2 Å². The maximum absolute atomic E-state index is 5.39. The Labute approximate surface area is 105 Å². The van der Waals surface area contributed by atoms with Crippen molar-refractivity contribution in [2.75, 3.05) is 13.1 Å². The van der Waals surface area contributed by atoms with E-state index in [4.69, 9.17) is 12.2 Å². The third kappa shape index (κ3) is 2.82. The molecule has 1 aliphatic carbocycles. The van der Waals surface area contributed by atoms with Crippen LogP contribution in [0, 0.1) is 0 Å². The fourth-order valence-corrected chi connectivity index (χ4v) is 3.08. The summed E-state index contributed by atoms with van der Waals surface area (Å²) in [5, 5.41) is 3.51. The van der Waals surface area contributed by atoms with Gasteiger partial charge in [0.25, 0.3) is 0 Å². The molecule has 1 N–H and O–H groups in total. The van der Waals surface area contributed by atoms with Gasteiger partial charge in [0.2, 0.25) is 0 Å². The summed E-state index contributed by atoms with van der Waals surface area (Å²) < 4.78 is 0. The first-order valence-corrected chi connectivity index (χ1v) is 7.11. The van der Waals surface area contributed by atoms with Crippen LogP contribution < -0.4 is 5.32 Å². The molecule has 16 heavy (non-hydrogen) atoms. The molecule has 92 valence electrons. The fourth-order valence-electron chi connectivity index (χ4n) is 2.78. The molecule has 1 atom stereocenters. The second kappa shape index (κ2) is 5.56. The first-order chi connectivity index (χ1) is 7.68. The molecule has 1 aliphatic heterocycles. The highest BCUT2D eigenvalue weighted by atomic mass is 32.1. The van der Waals surface area contributed by atoms with Gasteiger partial charge in [0.15, 0.2) is 0 Å². The van der Waals surface area contributed by atoms with Crippen LogP contribution in [0.1, 0.15) is 46.0 Å². The Morgan fingerprint density at radius 2 is 2.19 bits per heavy atom. The molecule has 2 aliphatic rings. The zero-order valence-corrected chi connectivity index (χ0v) is 11.4. The van der Waals surface area contributed by atoms with E-state index in [1.807, 2.05) is 0 Å². The van der Waals surface area contributed by atoms with Crippen LogP contribution in [0.2, 0.25) is 0 Å². The van der Waals surface area contributed by atoms with Gasteiger partial charge >= 0.3 is 0 Å². The van der Waals surface area contributed by atoms with Crippen molar-refractivity contribution in [1.82, 2.24) is 10.2 Å². The van der Waals surface area contributed by atoms with Crippen LogP contribution in [0.15, 0.2) is 0 Å². The van der Waals surface area contributed by atoms with Crippen molar-refractivity contribution in [1.29, 1.82) is 0 Å². The maximum atomic E-state index is 5.39. The highest BCUT2D eigenvalue weighted by Crippen LogP contribution is 2.26. The molecule has 0 spiro atoms. The summed E-state index contributed by atoms with van der Waals surface area (Å²) in [5.74, 6) is 0. The lowest BCUT2D eigenvalue weighted by atomic mass is 9.90. The summed E-state index contributed by atoms with van der Waals surface area (Å²) in [4.78, 5) is 3.92. The van der Waals surface area contributed by atoms with Crippen LogP contribution in [0.3, 0.4) is 0 Å². The van der Waals surface area contributed by atoms with Gasteiger partial charge in [-0.1, -0.05) is 18.6 Å². The van der Waals surface area contributed by atoms with Crippen LogP contribution in [0.5, 0.6) is 0 Å². The van der Waals surface area contributed by atoms with Crippen LogP contribution in [-0.4, -0.2) is 41.0 Å². The van der Waals surface area contributed by atoms with E-state index in [9.17, 15) is 0 Å². The molecule has 1 heterocycles. The molecule has 3 heteroatoms. The first-order valence-electron chi connectivity index (χ1n) is 6.70. The molecule has 0 bridgehead atoms. The zero-order chi connectivity index (χ0) is 11.5. The molecular formula is C13H24N2S. The molecule has 1 unspecified atom stereocenters. The van der Waals surface area contributed by atoms with Crippen molar-refractivity contribution in [2.45, 2.75) is 64.1 Å². The second-order valence-electron chi connectivity index (χ2n) is 5.43. The molecule has 2 rings (SSSR count). The monoisotopic (exact) mass is 240 g/mol. The van der Waals surface area contributed by atoms with E-state index in [1.165, 1.54) is 37.1 Å². The fraction of sp³-hybridized carbons (Fsp3) is 0.923. The minimum atomic E-state index is 0.510. The van der Waals surface area contributed by atoms with Gasteiger partial charge in [0.05, 0.1) is 0 Å². The van der Waals surface area contributed by atoms with Crippen molar-refractivity contribution in [3.8, 4) is 0 Å². The molecule has 2 fully saturated rings. The molecule has 2 nitrogen and oxygen atoms in total. The van der Waals surface area contributed by atoms with Gasteiger partial charge in [-0.2, -0.15) is 0 Å². The van der Waals surface area contributed by atoms with Gasteiger partial charge in [-0.15, -0.1) is 0 Å². The minimum Gasteiger partial charge on any atom is -0.309 e. The van der Waals surface area contributed by atoms with Gasteiger partial charge in [0.1, 0.15) is 0 Å². The molecular weight excluding hydrogens is 216 g/mol. The van der Waals surface area contributed by atoms with Crippen molar-refractivity contribution >= 4 is 17.1 Å². The van der Waals surface area contributed by atoms with E-state index >= 15 is 0 Å². The standard InChI is InChI=1S/C13H24N2S/c1-10(2)15(11-4-3-5-11)9-7-12-13(16)6-8-14-12/h10-12,14H,3-9H2,1-2H3. The molecule has 0 aromatic heterocycles. The largest absolute Gasteiger partial charge is 0.309 e. The Hall–Kier alpha value is 0.01000. The predicted octanol–water partition coefficient (Wildman–Crippen LogP) is 2.37. The molecule has 1 saturated heterocycles. The van der Waals surface area contributed by atoms with Gasteiger partial charge in [0, 0.05) is 36.1 Å². The number of nitrogens with zero attached hydrogens (tertiary/aromatic N) is 1. The van der Waals surface area contributed by atoms with Gasteiger partial charge in [-0.25, -0.2) is 0 Å². The molecule has 0 amide bonds. The molecule has 0 radical (unpaired) electrons. The van der Waals surface area contributed by atoms with Crippen molar-refractivity contribution in [3.63, 3.8) is 0 Å². The Morgan fingerprint density at radius 1 is 1.44 bits per heavy atom. The summed E-state index contributed by atoms with van der Waals surface area (Å²) in [6.07, 6.45) is 6.54. The Balaban J connectivity index is 1.79. The lowest BCUT2D eigenvalue weighted by Gasteiger charge is -2.40. The SMILES string of the molecule is CC(C)N(CCC1NCCC1=S)C1CCC1. The van der Waals surface area contributed by atoms with E-state index in [-0.39, 0.29) is 0 Å². The highest BCUT2D eigenvalue weighted by molar-refractivity contribution is 7.80. The van der Waals surface area contributed by atoms with Crippen molar-refractivity contribution in [3.05, 3.63) is 0 Å². The number of nitrogens with one attached hydrogen (secondary N) is 1. The molecule has 0 aromatic carbocycles. The average Bonchev–Trinajstić information content (AvgIpc) is 2.55. The Kier molecular flexibility index (Phi) is 4.34. The normalized spacial score (nSPS) is 26.8. The number of hydrogen-bond donors (Lipinski definition) is 1. The van der Waals surface area contributed by atoms with E-state index < -0.39 is 0 Å². The third-order valence-electron chi connectivity index (χ3n) is 4.03. The first kappa shape index (κ1) is 12.5. The van der Waals surface area contributed by atoms with Gasteiger partial charge in [-0.05, 0) is 39.5 Å². The Bertz CT molecular complexity index is 248. The van der Waals surface area contributed by atoms with E-state index in [1.54, 1.807) is 0 Å². The minimum absolute atomic E-state index is 0.510. The van der Waals surface area contributed by atoms with Gasteiger partial charge in [-0.3, -0.25) is 4.90 Å². The quantitative estimate of drug-likeness (QED) is 0.743. The topological polar surface area (TPSA) is 15.3 Å². The van der Waals surface area contributed by atoms with E-state index in [2.05, 4.69) is 24.1 Å². The summed E-state index contributed by atoms with van der Waals surface area (Å²) in [6.45, 7) is 6.94. The number of rotatable bonds is 5. The summed E-state index contributed by atoms with van der Waals surface area (Å²) in [5.41, 5.74) is 0. The summed E-state index contributed by atoms with van der Waals surface area (Å²) in [6, 6.07) is 2.05. The lowest BCUT2D eigenvalue weighted by Crippen LogP contribution is -2.46. The number of hydrogen-bond acceptors (Lipinski definition) is 3. The molecule has 0 aromatic rings. The molecule has 1 saturated carbocycles. The zero-order valence-electron chi connectivity index (χ0n) is 10.5. The van der Waals surface area contributed by atoms with E-state index in [0.717, 1.165) is 19.0 Å². The van der Waals surface area contributed by atoms with Crippen LogP contribution in [0.4, 0.5) is 0 Å². The number of thiocarbonyl (C=S) groups is 1. The van der Waals surface area contributed by atoms with Gasteiger partial charge < -0.3 is 5.32 Å². The Morgan fingerprint density at radius 3 is 2.62 bits per heavy atom. The van der Waals surface area contributed by atoms with Crippen LogP contribution in [0.25, 0.3) is 0 Å². The second-order valence-corrected chi connectivity index (χ2v) is 5.95. The maximum Gasteiger partial charge on any atom is 0.0396 e. The van der Waals surface area contributed by atoms with Crippen molar-refractivity contribution in [2.24, 2.45) is 0 Å².